The lowest BCUT2D eigenvalue weighted by Crippen LogP contribution is -2.18. The molecular weight excluding hydrogens is 424 g/mol. The van der Waals surface area contributed by atoms with E-state index in [1.807, 2.05) is 22.9 Å². The van der Waals surface area contributed by atoms with Gasteiger partial charge in [-0.3, -0.25) is 4.90 Å². The van der Waals surface area contributed by atoms with Crippen molar-refractivity contribution in [1.82, 2.24) is 24.6 Å². The van der Waals surface area contributed by atoms with Crippen LogP contribution in [0.4, 0.5) is 5.82 Å². The van der Waals surface area contributed by atoms with Crippen molar-refractivity contribution >= 4 is 16.9 Å². The molecule has 0 amide bonds. The van der Waals surface area contributed by atoms with Crippen LogP contribution in [0.1, 0.15) is 55.4 Å². The summed E-state index contributed by atoms with van der Waals surface area (Å²) in [6.07, 6.45) is 6.09. The van der Waals surface area contributed by atoms with Crippen molar-refractivity contribution < 1.29 is 4.74 Å². The highest BCUT2D eigenvalue weighted by molar-refractivity contribution is 5.85. The standard InChI is InChI=1S/C27H32N6O/c1-2-8-24(22-9-4-3-5-10-22)34-27-30-25(28)23-17-29-33(26(23)31-27)19-21-13-11-20(12-14-21)18-32-15-6-7-16-32/h3-5,9-14,17,24H,2,6-8,15-16,18-19H2,1H3,(H2,28,30,31)/t24-/m0/s1. The zero-order chi connectivity index (χ0) is 23.3. The van der Waals surface area contributed by atoms with Gasteiger partial charge in [0.1, 0.15) is 11.9 Å². The third kappa shape index (κ3) is 5.04. The Morgan fingerprint density at radius 1 is 0.941 bits per heavy atom. The molecule has 1 atom stereocenters. The summed E-state index contributed by atoms with van der Waals surface area (Å²) in [5, 5.41) is 5.28. The number of anilines is 1. The molecule has 7 nitrogen and oxygen atoms in total. The number of nitrogens with two attached hydrogens (primary N) is 1. The number of hydrogen-bond acceptors (Lipinski definition) is 6. The van der Waals surface area contributed by atoms with E-state index in [0.29, 0.717) is 18.0 Å². The lowest BCUT2D eigenvalue weighted by molar-refractivity contribution is 0.178. The van der Waals surface area contributed by atoms with Crippen LogP contribution in [0.25, 0.3) is 11.0 Å². The quantitative estimate of drug-likeness (QED) is 0.383. The zero-order valence-corrected chi connectivity index (χ0v) is 19.7. The van der Waals surface area contributed by atoms with Gasteiger partial charge in [0.25, 0.3) is 0 Å². The molecule has 1 aliphatic rings. The van der Waals surface area contributed by atoms with Gasteiger partial charge in [0.15, 0.2) is 5.65 Å². The van der Waals surface area contributed by atoms with Crippen LogP contribution in [0, 0.1) is 0 Å². The third-order valence-corrected chi connectivity index (χ3v) is 6.44. The largest absolute Gasteiger partial charge is 0.455 e. The van der Waals surface area contributed by atoms with E-state index in [9.17, 15) is 0 Å². The summed E-state index contributed by atoms with van der Waals surface area (Å²) in [6.45, 7) is 6.19. The summed E-state index contributed by atoms with van der Waals surface area (Å²) >= 11 is 0. The fraction of sp³-hybridized carbons (Fsp3) is 0.370. The molecule has 2 aromatic heterocycles. The molecule has 34 heavy (non-hydrogen) atoms. The van der Waals surface area contributed by atoms with Crippen LogP contribution in [0.15, 0.2) is 60.8 Å². The first-order valence-corrected chi connectivity index (χ1v) is 12.2. The Balaban J connectivity index is 1.35. The zero-order valence-electron chi connectivity index (χ0n) is 19.7. The first-order chi connectivity index (χ1) is 16.7. The number of nitrogen functional groups attached to an aromatic ring is 1. The minimum atomic E-state index is -0.123. The van der Waals surface area contributed by atoms with Crippen molar-refractivity contribution in [2.75, 3.05) is 18.8 Å². The van der Waals surface area contributed by atoms with Gasteiger partial charge in [-0.1, -0.05) is 67.9 Å². The van der Waals surface area contributed by atoms with Crippen LogP contribution < -0.4 is 10.5 Å². The molecule has 1 saturated heterocycles. The first-order valence-electron chi connectivity index (χ1n) is 12.2. The number of ether oxygens (including phenoxy) is 1. The van der Waals surface area contributed by atoms with Gasteiger partial charge in [-0.2, -0.15) is 15.1 Å². The average molecular weight is 457 g/mol. The molecular formula is C27H32N6O. The second kappa shape index (κ2) is 10.2. The predicted molar refractivity (Wildman–Crippen MR) is 135 cm³/mol. The fourth-order valence-corrected chi connectivity index (χ4v) is 4.60. The molecule has 0 spiro atoms. The second-order valence-electron chi connectivity index (χ2n) is 9.04. The van der Waals surface area contributed by atoms with E-state index in [4.69, 9.17) is 15.5 Å². The van der Waals surface area contributed by atoms with E-state index >= 15 is 0 Å². The van der Waals surface area contributed by atoms with Crippen LogP contribution in [0.2, 0.25) is 0 Å². The molecule has 0 radical (unpaired) electrons. The molecule has 0 aliphatic carbocycles. The highest BCUT2D eigenvalue weighted by atomic mass is 16.5. The molecule has 0 unspecified atom stereocenters. The number of fused-ring (bicyclic) bond motifs is 1. The number of nitrogens with zero attached hydrogens (tertiary/aromatic N) is 5. The van der Waals surface area contributed by atoms with Gasteiger partial charge < -0.3 is 10.5 Å². The Bertz CT molecular complexity index is 1220. The molecule has 2 N–H and O–H groups in total. The van der Waals surface area contributed by atoms with Crippen LogP contribution >= 0.6 is 0 Å². The summed E-state index contributed by atoms with van der Waals surface area (Å²) in [5.74, 6) is 0.385. The van der Waals surface area contributed by atoms with Gasteiger partial charge in [-0.25, -0.2) is 4.68 Å². The maximum Gasteiger partial charge on any atom is 0.321 e. The van der Waals surface area contributed by atoms with Crippen LogP contribution in [0.5, 0.6) is 6.01 Å². The predicted octanol–water partition coefficient (Wildman–Crippen LogP) is 4.97. The number of benzene rings is 2. The number of hydrogen-bond donors (Lipinski definition) is 1. The maximum atomic E-state index is 6.26. The van der Waals surface area contributed by atoms with Crippen LogP contribution in [0.3, 0.4) is 0 Å². The van der Waals surface area contributed by atoms with E-state index in [1.165, 1.54) is 37.1 Å². The Kier molecular flexibility index (Phi) is 6.72. The molecule has 2 aromatic carbocycles. The van der Waals surface area contributed by atoms with Gasteiger partial charge in [0.2, 0.25) is 0 Å². The monoisotopic (exact) mass is 456 g/mol. The van der Waals surface area contributed by atoms with E-state index in [2.05, 4.69) is 58.3 Å². The van der Waals surface area contributed by atoms with E-state index in [1.54, 1.807) is 6.20 Å². The topological polar surface area (TPSA) is 82.1 Å². The molecule has 1 aliphatic heterocycles. The highest BCUT2D eigenvalue weighted by Crippen LogP contribution is 2.27. The minimum absolute atomic E-state index is 0.123. The number of aromatic nitrogens is 4. The molecule has 1 fully saturated rings. The normalized spacial score (nSPS) is 15.1. The average Bonchev–Trinajstić information content (AvgIpc) is 3.51. The van der Waals surface area contributed by atoms with Crippen molar-refractivity contribution in [3.05, 3.63) is 77.5 Å². The van der Waals surface area contributed by atoms with Gasteiger partial charge >= 0.3 is 6.01 Å². The molecule has 0 saturated carbocycles. The molecule has 0 bridgehead atoms. The smallest absolute Gasteiger partial charge is 0.321 e. The Hall–Kier alpha value is -3.45. The first kappa shape index (κ1) is 22.3. The Morgan fingerprint density at radius 2 is 1.65 bits per heavy atom. The molecule has 3 heterocycles. The second-order valence-corrected chi connectivity index (χ2v) is 9.04. The SMILES string of the molecule is CCC[C@H](Oc1nc(N)c2cnn(Cc3ccc(CN4CCCC4)cc3)c2n1)c1ccccc1. The molecule has 4 aromatic rings. The van der Waals surface area contributed by atoms with Gasteiger partial charge in [0.05, 0.1) is 18.1 Å². The van der Waals surface area contributed by atoms with Crippen molar-refractivity contribution in [2.45, 2.75) is 51.8 Å². The minimum Gasteiger partial charge on any atom is -0.455 e. The van der Waals surface area contributed by atoms with Crippen LogP contribution in [-0.4, -0.2) is 37.7 Å². The maximum absolute atomic E-state index is 6.26. The van der Waals surface area contributed by atoms with Gasteiger partial charge in [0, 0.05) is 6.54 Å². The van der Waals surface area contributed by atoms with Crippen LogP contribution in [-0.2, 0) is 13.1 Å². The highest BCUT2D eigenvalue weighted by Gasteiger charge is 2.18. The van der Waals surface area contributed by atoms with Crippen molar-refractivity contribution in [1.29, 1.82) is 0 Å². The number of likely N-dealkylation sites (tertiary alicyclic amines) is 1. The Labute approximate surface area is 200 Å². The summed E-state index contributed by atoms with van der Waals surface area (Å²) in [7, 11) is 0. The molecule has 7 heteroatoms. The fourth-order valence-electron chi connectivity index (χ4n) is 4.60. The third-order valence-electron chi connectivity index (χ3n) is 6.44. The lowest BCUT2D eigenvalue weighted by atomic mass is 10.1. The summed E-state index contributed by atoms with van der Waals surface area (Å²) < 4.78 is 8.10. The summed E-state index contributed by atoms with van der Waals surface area (Å²) in [6, 6.07) is 19.2. The molecule has 5 rings (SSSR count). The van der Waals surface area contributed by atoms with E-state index < -0.39 is 0 Å². The van der Waals surface area contributed by atoms with E-state index in [0.717, 1.165) is 30.3 Å². The van der Waals surface area contributed by atoms with Gasteiger partial charge in [-0.15, -0.1) is 0 Å². The summed E-state index contributed by atoms with van der Waals surface area (Å²) in [4.78, 5) is 11.6. The lowest BCUT2D eigenvalue weighted by Gasteiger charge is -2.18. The van der Waals surface area contributed by atoms with Gasteiger partial charge in [-0.05, 0) is 49.0 Å². The van der Waals surface area contributed by atoms with Crippen molar-refractivity contribution in [3.63, 3.8) is 0 Å². The molecule has 176 valence electrons. The van der Waals surface area contributed by atoms with Crippen molar-refractivity contribution in [2.24, 2.45) is 0 Å². The Morgan fingerprint density at radius 3 is 2.35 bits per heavy atom. The summed E-state index contributed by atoms with van der Waals surface area (Å²) in [5.41, 5.74) is 10.6. The number of rotatable bonds is 9. The van der Waals surface area contributed by atoms with Crippen molar-refractivity contribution in [3.8, 4) is 6.01 Å². The van der Waals surface area contributed by atoms with E-state index in [-0.39, 0.29) is 12.1 Å².